The molecule has 0 aromatic rings. The van der Waals surface area contributed by atoms with Crippen LogP contribution in [0.2, 0.25) is 0 Å². The smallest absolute Gasteiger partial charge is 0.0447 e. The predicted molar refractivity (Wildman–Crippen MR) is 53.8 cm³/mol. The molecule has 0 aromatic carbocycles. The van der Waals surface area contributed by atoms with Crippen molar-refractivity contribution >= 4 is 10.8 Å². The van der Waals surface area contributed by atoms with Crippen molar-refractivity contribution in [2.24, 2.45) is 0 Å². The average Bonchev–Trinajstić information content (AvgIpc) is 1.92. The molecule has 1 rings (SSSR count). The standard InChI is InChI=1S/C9H19NOS/c1-8-7-10(9(2,3)4)5-6-12(8)11/h8H,5-7H2,1-4H3. The number of rotatable bonds is 0. The maximum atomic E-state index is 11.4. The van der Waals surface area contributed by atoms with E-state index in [1.54, 1.807) is 0 Å². The summed E-state index contributed by atoms with van der Waals surface area (Å²) in [6.07, 6.45) is 0. The molecule has 1 heterocycles. The summed E-state index contributed by atoms with van der Waals surface area (Å²) in [5.74, 6) is 0.846. The van der Waals surface area contributed by atoms with Gasteiger partial charge in [-0.15, -0.1) is 0 Å². The van der Waals surface area contributed by atoms with Gasteiger partial charge in [0.1, 0.15) is 0 Å². The molecule has 1 aliphatic heterocycles. The van der Waals surface area contributed by atoms with Crippen LogP contribution in [-0.2, 0) is 10.8 Å². The molecule has 0 saturated carbocycles. The second-order valence-corrected chi connectivity index (χ2v) is 6.49. The second-order valence-electron chi connectivity index (χ2n) is 4.51. The van der Waals surface area contributed by atoms with Crippen LogP contribution in [0.25, 0.3) is 0 Å². The zero-order valence-corrected chi connectivity index (χ0v) is 9.28. The third kappa shape index (κ3) is 2.30. The largest absolute Gasteiger partial charge is 0.296 e. The average molecular weight is 189 g/mol. The molecule has 0 amide bonds. The first-order valence-corrected chi connectivity index (χ1v) is 5.91. The molecular formula is C9H19NOS. The van der Waals surface area contributed by atoms with Gasteiger partial charge in [0.2, 0.25) is 0 Å². The van der Waals surface area contributed by atoms with Gasteiger partial charge in [0.05, 0.1) is 0 Å². The van der Waals surface area contributed by atoms with Gasteiger partial charge in [0.25, 0.3) is 0 Å². The van der Waals surface area contributed by atoms with E-state index in [0.29, 0.717) is 5.25 Å². The highest BCUT2D eigenvalue weighted by Crippen LogP contribution is 2.18. The summed E-state index contributed by atoms with van der Waals surface area (Å²) >= 11 is 0. The first-order valence-electron chi connectivity index (χ1n) is 4.53. The molecular weight excluding hydrogens is 170 g/mol. The lowest BCUT2D eigenvalue weighted by Crippen LogP contribution is -2.51. The van der Waals surface area contributed by atoms with E-state index in [4.69, 9.17) is 0 Å². The summed E-state index contributed by atoms with van der Waals surface area (Å²) in [4.78, 5) is 2.42. The highest BCUT2D eigenvalue weighted by molar-refractivity contribution is 7.85. The van der Waals surface area contributed by atoms with Crippen LogP contribution in [-0.4, -0.2) is 38.7 Å². The fourth-order valence-electron chi connectivity index (χ4n) is 1.50. The van der Waals surface area contributed by atoms with Gasteiger partial charge in [-0.05, 0) is 27.7 Å². The van der Waals surface area contributed by atoms with Crippen molar-refractivity contribution in [2.45, 2.75) is 38.5 Å². The molecule has 0 aromatic heterocycles. The van der Waals surface area contributed by atoms with E-state index in [2.05, 4.69) is 32.6 Å². The molecule has 72 valence electrons. The van der Waals surface area contributed by atoms with E-state index in [1.807, 2.05) is 0 Å². The SMILES string of the molecule is CC1CN(C(C)(C)C)CCS1=O. The van der Waals surface area contributed by atoms with Gasteiger partial charge < -0.3 is 0 Å². The summed E-state index contributed by atoms with van der Waals surface area (Å²) in [5, 5.41) is 0.345. The van der Waals surface area contributed by atoms with Crippen molar-refractivity contribution in [1.29, 1.82) is 0 Å². The molecule has 2 unspecified atom stereocenters. The first-order chi connectivity index (χ1) is 5.41. The molecule has 1 saturated heterocycles. The minimum Gasteiger partial charge on any atom is -0.296 e. The second kappa shape index (κ2) is 3.46. The van der Waals surface area contributed by atoms with Crippen LogP contribution >= 0.6 is 0 Å². The number of hydrogen-bond donors (Lipinski definition) is 0. The monoisotopic (exact) mass is 189 g/mol. The molecule has 3 heteroatoms. The zero-order chi connectivity index (χ0) is 9.35. The normalized spacial score (nSPS) is 33.7. The van der Waals surface area contributed by atoms with Crippen LogP contribution in [0.1, 0.15) is 27.7 Å². The van der Waals surface area contributed by atoms with E-state index < -0.39 is 10.8 Å². The Labute approximate surface area is 77.8 Å². The van der Waals surface area contributed by atoms with Gasteiger partial charge >= 0.3 is 0 Å². The Morgan fingerprint density at radius 3 is 2.42 bits per heavy atom. The third-order valence-corrected chi connectivity index (χ3v) is 4.07. The van der Waals surface area contributed by atoms with Crippen LogP contribution in [0.4, 0.5) is 0 Å². The van der Waals surface area contributed by atoms with Crippen molar-refractivity contribution in [1.82, 2.24) is 4.90 Å². The van der Waals surface area contributed by atoms with Gasteiger partial charge in [-0.25, -0.2) is 0 Å². The van der Waals surface area contributed by atoms with Crippen molar-refractivity contribution in [2.75, 3.05) is 18.8 Å². The van der Waals surface area contributed by atoms with Gasteiger partial charge in [0.15, 0.2) is 0 Å². The van der Waals surface area contributed by atoms with E-state index in [9.17, 15) is 4.21 Å². The van der Waals surface area contributed by atoms with Gasteiger partial charge in [-0.2, -0.15) is 0 Å². The molecule has 2 nitrogen and oxygen atoms in total. The highest BCUT2D eigenvalue weighted by atomic mass is 32.2. The lowest BCUT2D eigenvalue weighted by Gasteiger charge is -2.40. The summed E-state index contributed by atoms with van der Waals surface area (Å²) in [7, 11) is -0.582. The lowest BCUT2D eigenvalue weighted by atomic mass is 10.1. The van der Waals surface area contributed by atoms with Crippen LogP contribution in [0.15, 0.2) is 0 Å². The molecule has 2 atom stereocenters. The van der Waals surface area contributed by atoms with Crippen molar-refractivity contribution in [3.05, 3.63) is 0 Å². The Bertz CT molecular complexity index is 185. The van der Waals surface area contributed by atoms with Gasteiger partial charge in [0, 0.05) is 40.4 Å². The zero-order valence-electron chi connectivity index (χ0n) is 8.46. The summed E-state index contributed by atoms with van der Waals surface area (Å²) in [6.45, 7) is 10.7. The molecule has 0 N–H and O–H groups in total. The van der Waals surface area contributed by atoms with Crippen molar-refractivity contribution in [3.8, 4) is 0 Å². The topological polar surface area (TPSA) is 20.3 Å². The third-order valence-electron chi connectivity index (χ3n) is 2.44. The molecule has 0 spiro atoms. The van der Waals surface area contributed by atoms with E-state index in [-0.39, 0.29) is 5.54 Å². The molecule has 1 fully saturated rings. The fraction of sp³-hybridized carbons (Fsp3) is 1.00. The fourth-order valence-corrected chi connectivity index (χ4v) is 2.64. The van der Waals surface area contributed by atoms with Crippen LogP contribution in [0.5, 0.6) is 0 Å². The van der Waals surface area contributed by atoms with Crippen LogP contribution in [0, 0.1) is 0 Å². The van der Waals surface area contributed by atoms with Gasteiger partial charge in [-0.3, -0.25) is 9.11 Å². The summed E-state index contributed by atoms with van der Waals surface area (Å²) < 4.78 is 11.4. The minimum absolute atomic E-state index is 0.235. The summed E-state index contributed by atoms with van der Waals surface area (Å²) in [5.41, 5.74) is 0.235. The first kappa shape index (κ1) is 10.2. The molecule has 0 bridgehead atoms. The van der Waals surface area contributed by atoms with Crippen LogP contribution < -0.4 is 0 Å². The maximum absolute atomic E-state index is 11.4. The minimum atomic E-state index is -0.582. The Hall–Kier alpha value is 0.110. The van der Waals surface area contributed by atoms with Crippen molar-refractivity contribution < 1.29 is 4.21 Å². The maximum Gasteiger partial charge on any atom is 0.0447 e. The highest BCUT2D eigenvalue weighted by Gasteiger charge is 2.29. The number of hydrogen-bond acceptors (Lipinski definition) is 2. The molecule has 0 aliphatic carbocycles. The Morgan fingerprint density at radius 2 is 2.00 bits per heavy atom. The Morgan fingerprint density at radius 1 is 1.42 bits per heavy atom. The number of nitrogens with zero attached hydrogens (tertiary/aromatic N) is 1. The molecule has 0 radical (unpaired) electrons. The Kier molecular flexibility index (Phi) is 2.94. The Balaban J connectivity index is 2.57. The van der Waals surface area contributed by atoms with Gasteiger partial charge in [-0.1, -0.05) is 0 Å². The van der Waals surface area contributed by atoms with E-state index in [0.717, 1.165) is 18.8 Å². The van der Waals surface area contributed by atoms with E-state index >= 15 is 0 Å². The van der Waals surface area contributed by atoms with E-state index in [1.165, 1.54) is 0 Å². The summed E-state index contributed by atoms with van der Waals surface area (Å²) in [6, 6.07) is 0. The lowest BCUT2D eigenvalue weighted by molar-refractivity contribution is 0.142. The van der Waals surface area contributed by atoms with Crippen LogP contribution in [0.3, 0.4) is 0 Å². The quantitative estimate of drug-likeness (QED) is 0.571. The molecule has 1 aliphatic rings. The van der Waals surface area contributed by atoms with Crippen molar-refractivity contribution in [3.63, 3.8) is 0 Å². The predicted octanol–water partition coefficient (Wildman–Crippen LogP) is 1.24. The molecule has 12 heavy (non-hydrogen) atoms.